The molecule has 1 aliphatic rings. The van der Waals surface area contributed by atoms with Crippen molar-refractivity contribution in [2.75, 3.05) is 0 Å². The summed E-state index contributed by atoms with van der Waals surface area (Å²) in [6, 6.07) is 5.06. The van der Waals surface area contributed by atoms with Crippen molar-refractivity contribution < 1.29 is 18.0 Å². The Kier molecular flexibility index (Phi) is 3.09. The molecule has 1 amide bonds. The van der Waals surface area contributed by atoms with Crippen molar-refractivity contribution in [1.82, 2.24) is 0 Å². The van der Waals surface area contributed by atoms with Crippen LogP contribution in [0.4, 0.5) is 13.2 Å². The number of hydrogen-bond acceptors (Lipinski definition) is 1. The Labute approximate surface area is 103 Å². The van der Waals surface area contributed by atoms with Crippen molar-refractivity contribution in [2.24, 2.45) is 5.73 Å². The number of benzene rings is 1. The molecule has 1 aromatic carbocycles. The van der Waals surface area contributed by atoms with Gasteiger partial charge in [-0.15, -0.1) is 0 Å². The van der Waals surface area contributed by atoms with E-state index in [-0.39, 0.29) is 11.8 Å². The number of amides is 1. The van der Waals surface area contributed by atoms with Gasteiger partial charge in [-0.1, -0.05) is 18.6 Å². The lowest BCUT2D eigenvalue weighted by molar-refractivity contribution is -0.137. The summed E-state index contributed by atoms with van der Waals surface area (Å²) in [4.78, 5) is 11.0. The molecular weight excluding hydrogens is 243 g/mol. The Bertz CT molecular complexity index is 446. The third kappa shape index (κ3) is 2.35. The highest BCUT2D eigenvalue weighted by Gasteiger charge is 2.40. The van der Waals surface area contributed by atoms with Crippen molar-refractivity contribution in [2.45, 2.75) is 37.3 Å². The van der Waals surface area contributed by atoms with Crippen molar-refractivity contribution in [3.63, 3.8) is 0 Å². The van der Waals surface area contributed by atoms with E-state index in [1.54, 1.807) is 0 Å². The molecule has 0 spiro atoms. The van der Waals surface area contributed by atoms with Gasteiger partial charge in [0.15, 0.2) is 0 Å². The molecule has 2 N–H and O–H groups in total. The van der Waals surface area contributed by atoms with Crippen LogP contribution < -0.4 is 5.73 Å². The highest BCUT2D eigenvalue weighted by molar-refractivity contribution is 5.75. The van der Waals surface area contributed by atoms with Crippen LogP contribution in [0.1, 0.15) is 36.8 Å². The molecule has 0 radical (unpaired) electrons. The van der Waals surface area contributed by atoms with E-state index in [4.69, 9.17) is 5.73 Å². The molecular formula is C13H14F3NO. The maximum atomic E-state index is 12.4. The molecule has 1 saturated carbocycles. The van der Waals surface area contributed by atoms with Crippen LogP contribution in [0.25, 0.3) is 0 Å². The van der Waals surface area contributed by atoms with Gasteiger partial charge >= 0.3 is 6.18 Å². The van der Waals surface area contributed by atoms with Crippen LogP contribution in [0.15, 0.2) is 24.3 Å². The Morgan fingerprint density at radius 1 is 1.22 bits per heavy atom. The number of carbonyl (C=O) groups is 1. The number of rotatable bonds is 3. The van der Waals surface area contributed by atoms with Crippen LogP contribution in [0, 0.1) is 0 Å². The summed E-state index contributed by atoms with van der Waals surface area (Å²) in [6.45, 7) is 0. The maximum Gasteiger partial charge on any atom is 0.416 e. The van der Waals surface area contributed by atoms with Crippen LogP contribution in [0.5, 0.6) is 0 Å². The molecule has 0 atom stereocenters. The average molecular weight is 257 g/mol. The minimum absolute atomic E-state index is 0.207. The molecule has 1 aromatic rings. The summed E-state index contributed by atoms with van der Waals surface area (Å²) in [7, 11) is 0. The van der Waals surface area contributed by atoms with Gasteiger partial charge in [-0.25, -0.2) is 0 Å². The molecule has 2 rings (SSSR count). The van der Waals surface area contributed by atoms with E-state index >= 15 is 0 Å². The third-order valence-electron chi connectivity index (χ3n) is 3.65. The average Bonchev–Trinajstić information content (AvgIpc) is 2.22. The van der Waals surface area contributed by atoms with Gasteiger partial charge in [-0.05, 0) is 30.5 Å². The van der Waals surface area contributed by atoms with Gasteiger partial charge < -0.3 is 5.73 Å². The topological polar surface area (TPSA) is 43.1 Å². The van der Waals surface area contributed by atoms with E-state index in [0.717, 1.165) is 37.0 Å². The fraction of sp³-hybridized carbons (Fsp3) is 0.462. The van der Waals surface area contributed by atoms with Crippen LogP contribution in [-0.4, -0.2) is 5.91 Å². The maximum absolute atomic E-state index is 12.4. The van der Waals surface area contributed by atoms with E-state index in [1.165, 1.54) is 12.1 Å². The lowest BCUT2D eigenvalue weighted by atomic mass is 9.62. The standard InChI is InChI=1S/C13H14F3NO/c14-13(15,16)10-4-2-9(3-5-10)12(6-1-7-12)8-11(17)18/h2-5H,1,6-8H2,(H2,17,18). The minimum Gasteiger partial charge on any atom is -0.370 e. The second-order valence-corrected chi connectivity index (χ2v) is 4.85. The number of nitrogens with two attached hydrogens (primary N) is 1. The molecule has 98 valence electrons. The number of halogens is 3. The molecule has 0 saturated heterocycles. The summed E-state index contributed by atoms with van der Waals surface area (Å²) >= 11 is 0. The lowest BCUT2D eigenvalue weighted by Gasteiger charge is -2.41. The van der Waals surface area contributed by atoms with E-state index in [0.29, 0.717) is 0 Å². The van der Waals surface area contributed by atoms with Crippen LogP contribution in [0.2, 0.25) is 0 Å². The van der Waals surface area contributed by atoms with Crippen LogP contribution in [0.3, 0.4) is 0 Å². The summed E-state index contributed by atoms with van der Waals surface area (Å²) in [5, 5.41) is 0. The number of hydrogen-bond donors (Lipinski definition) is 1. The van der Waals surface area contributed by atoms with Crippen LogP contribution in [-0.2, 0) is 16.4 Å². The van der Waals surface area contributed by atoms with Crippen LogP contribution >= 0.6 is 0 Å². The first-order chi connectivity index (χ1) is 8.33. The monoisotopic (exact) mass is 257 g/mol. The summed E-state index contributed by atoms with van der Waals surface area (Å²) in [6.07, 6.45) is -1.52. The minimum atomic E-state index is -4.32. The summed E-state index contributed by atoms with van der Waals surface area (Å²) in [5.41, 5.74) is 4.98. The van der Waals surface area contributed by atoms with Gasteiger partial charge in [0.1, 0.15) is 0 Å². The summed E-state index contributed by atoms with van der Waals surface area (Å²) < 4.78 is 37.3. The zero-order chi connectivity index (χ0) is 13.4. The molecule has 5 heteroatoms. The Balaban J connectivity index is 2.25. The van der Waals surface area contributed by atoms with Crippen molar-refractivity contribution in [1.29, 1.82) is 0 Å². The van der Waals surface area contributed by atoms with Gasteiger partial charge in [-0.2, -0.15) is 13.2 Å². The summed E-state index contributed by atoms with van der Waals surface area (Å²) in [5.74, 6) is -0.408. The molecule has 0 unspecified atom stereocenters. The number of carbonyl (C=O) groups excluding carboxylic acids is 1. The molecule has 0 heterocycles. The zero-order valence-corrected chi connectivity index (χ0v) is 9.76. The van der Waals surface area contributed by atoms with Gasteiger partial charge in [-0.3, -0.25) is 4.79 Å². The molecule has 0 bridgehead atoms. The first-order valence-electron chi connectivity index (χ1n) is 5.80. The smallest absolute Gasteiger partial charge is 0.370 e. The normalized spacial score (nSPS) is 18.2. The molecule has 2 nitrogen and oxygen atoms in total. The molecule has 1 aliphatic carbocycles. The first kappa shape index (κ1) is 12.9. The van der Waals surface area contributed by atoms with Crippen molar-refractivity contribution in [3.8, 4) is 0 Å². The van der Waals surface area contributed by atoms with Gasteiger partial charge in [0.2, 0.25) is 5.91 Å². The predicted molar refractivity (Wildman–Crippen MR) is 60.8 cm³/mol. The Morgan fingerprint density at radius 3 is 2.11 bits per heavy atom. The number of alkyl halides is 3. The van der Waals surface area contributed by atoms with Crippen molar-refractivity contribution in [3.05, 3.63) is 35.4 Å². The zero-order valence-electron chi connectivity index (χ0n) is 9.76. The molecule has 0 aromatic heterocycles. The third-order valence-corrected chi connectivity index (χ3v) is 3.65. The van der Waals surface area contributed by atoms with Gasteiger partial charge in [0.25, 0.3) is 0 Å². The Hall–Kier alpha value is -1.52. The van der Waals surface area contributed by atoms with E-state index in [9.17, 15) is 18.0 Å². The quantitative estimate of drug-likeness (QED) is 0.888. The Morgan fingerprint density at radius 2 is 1.78 bits per heavy atom. The van der Waals surface area contributed by atoms with E-state index in [2.05, 4.69) is 0 Å². The van der Waals surface area contributed by atoms with E-state index in [1.807, 2.05) is 0 Å². The molecule has 18 heavy (non-hydrogen) atoms. The van der Waals surface area contributed by atoms with Gasteiger partial charge in [0.05, 0.1) is 5.56 Å². The second kappa shape index (κ2) is 4.30. The molecule has 0 aliphatic heterocycles. The lowest BCUT2D eigenvalue weighted by Crippen LogP contribution is -2.38. The second-order valence-electron chi connectivity index (χ2n) is 4.85. The first-order valence-corrected chi connectivity index (χ1v) is 5.80. The number of primary amides is 1. The predicted octanol–water partition coefficient (Wildman–Crippen LogP) is 3.00. The van der Waals surface area contributed by atoms with Crippen molar-refractivity contribution >= 4 is 5.91 Å². The highest BCUT2D eigenvalue weighted by Crippen LogP contribution is 2.46. The largest absolute Gasteiger partial charge is 0.416 e. The fourth-order valence-corrected chi connectivity index (χ4v) is 2.52. The highest BCUT2D eigenvalue weighted by atomic mass is 19.4. The molecule has 1 fully saturated rings. The van der Waals surface area contributed by atoms with E-state index < -0.39 is 17.6 Å². The fourth-order valence-electron chi connectivity index (χ4n) is 2.52. The van der Waals surface area contributed by atoms with Gasteiger partial charge in [0, 0.05) is 11.8 Å². The SMILES string of the molecule is NC(=O)CC1(c2ccc(C(F)(F)F)cc2)CCC1.